The lowest BCUT2D eigenvalue weighted by Crippen LogP contribution is -2.55. The second kappa shape index (κ2) is 13.4. The van der Waals surface area contributed by atoms with Crippen molar-refractivity contribution in [1.82, 2.24) is 10.6 Å². The number of carboxylic acid groups (broad SMARTS) is 1. The van der Waals surface area contributed by atoms with E-state index in [-0.39, 0.29) is 11.7 Å². The lowest BCUT2D eigenvalue weighted by Gasteiger charge is -2.29. The number of hydrogen-bond acceptors (Lipinski definition) is 7. The van der Waals surface area contributed by atoms with Gasteiger partial charge in [-0.15, -0.1) is 11.8 Å². The second-order valence-corrected chi connectivity index (χ2v) is 11.0. The smallest absolute Gasteiger partial charge is 0.316 e. The molecule has 0 aromatic heterocycles. The highest BCUT2D eigenvalue weighted by molar-refractivity contribution is 7.99. The van der Waals surface area contributed by atoms with Crippen molar-refractivity contribution in [2.24, 2.45) is 23.7 Å². The van der Waals surface area contributed by atoms with Crippen LogP contribution in [0.1, 0.15) is 48.0 Å². The third kappa shape index (κ3) is 10.2. The number of benzene rings is 1. The Kier molecular flexibility index (Phi) is 11.6. The summed E-state index contributed by atoms with van der Waals surface area (Å²) in [6, 6.07) is 5.20. The number of phenolic OH excluding ortho intramolecular Hbond substituents is 1. The Labute approximate surface area is 211 Å². The van der Waals surface area contributed by atoms with E-state index in [9.17, 15) is 29.4 Å². The summed E-state index contributed by atoms with van der Waals surface area (Å²) < 4.78 is 5.35. The first kappa shape index (κ1) is 30.3. The summed E-state index contributed by atoms with van der Waals surface area (Å²) in [6.07, 6.45) is 0.460. The van der Waals surface area contributed by atoms with Crippen LogP contribution in [0, 0.1) is 23.7 Å². The van der Waals surface area contributed by atoms with Crippen molar-refractivity contribution in [2.45, 2.75) is 64.5 Å². The van der Waals surface area contributed by atoms with Gasteiger partial charge < -0.3 is 25.6 Å². The van der Waals surface area contributed by atoms with Gasteiger partial charge in [0.05, 0.1) is 5.92 Å². The van der Waals surface area contributed by atoms with Gasteiger partial charge in [-0.2, -0.15) is 0 Å². The fourth-order valence-electron chi connectivity index (χ4n) is 3.53. The van der Waals surface area contributed by atoms with E-state index in [0.29, 0.717) is 12.2 Å². The topological polar surface area (TPSA) is 142 Å². The molecule has 0 saturated carbocycles. The number of esters is 1. The Morgan fingerprint density at radius 3 is 2.06 bits per heavy atom. The molecule has 1 unspecified atom stereocenters. The maximum Gasteiger partial charge on any atom is 0.316 e. The van der Waals surface area contributed by atoms with Crippen LogP contribution in [-0.2, 0) is 23.9 Å². The van der Waals surface area contributed by atoms with E-state index in [2.05, 4.69) is 10.6 Å². The van der Waals surface area contributed by atoms with Crippen LogP contribution in [0.4, 0.5) is 0 Å². The summed E-state index contributed by atoms with van der Waals surface area (Å²) in [7, 11) is 1.37. The Morgan fingerprint density at radius 1 is 1.03 bits per heavy atom. The molecule has 0 fully saturated rings. The van der Waals surface area contributed by atoms with Crippen molar-refractivity contribution in [1.29, 1.82) is 0 Å². The highest BCUT2D eigenvalue weighted by Crippen LogP contribution is 2.30. The standard InChI is InChI=1S/C25H38N2O7S/c1-14(2)12-16(13-35-18-10-8-17(28)9-11-18)19(23(31)32)21(29)27-20(22(30)26-7)15(3)24(33)34-25(4,5)6/h8-11,14-16,19-20,28H,12-13H2,1-7H3,(H,26,30)(H,27,29)(H,31,32)/t15?,16-,19-,20-/m0/s1. The van der Waals surface area contributed by atoms with Crippen LogP contribution >= 0.6 is 11.8 Å². The largest absolute Gasteiger partial charge is 0.508 e. The summed E-state index contributed by atoms with van der Waals surface area (Å²) >= 11 is 1.38. The number of carbonyl (C=O) groups is 4. The van der Waals surface area contributed by atoms with Gasteiger partial charge in [-0.1, -0.05) is 13.8 Å². The van der Waals surface area contributed by atoms with Crippen molar-refractivity contribution in [3.05, 3.63) is 24.3 Å². The summed E-state index contributed by atoms with van der Waals surface area (Å²) in [4.78, 5) is 51.4. The number of ether oxygens (including phenoxy) is 1. The summed E-state index contributed by atoms with van der Waals surface area (Å²) in [5.74, 6) is -5.89. The molecule has 0 aliphatic heterocycles. The summed E-state index contributed by atoms with van der Waals surface area (Å²) in [5.41, 5.74) is -0.792. The Morgan fingerprint density at radius 2 is 1.60 bits per heavy atom. The maximum absolute atomic E-state index is 13.2. The van der Waals surface area contributed by atoms with E-state index < -0.39 is 53.1 Å². The second-order valence-electron chi connectivity index (χ2n) is 9.93. The van der Waals surface area contributed by atoms with Gasteiger partial charge >= 0.3 is 11.9 Å². The third-order valence-electron chi connectivity index (χ3n) is 5.20. The van der Waals surface area contributed by atoms with E-state index in [0.717, 1.165) is 4.90 Å². The van der Waals surface area contributed by atoms with Gasteiger partial charge in [0.1, 0.15) is 23.3 Å². The van der Waals surface area contributed by atoms with E-state index in [1.807, 2.05) is 13.8 Å². The van der Waals surface area contributed by atoms with E-state index >= 15 is 0 Å². The molecule has 196 valence electrons. The van der Waals surface area contributed by atoms with Crippen LogP contribution in [0.25, 0.3) is 0 Å². The number of aliphatic carboxylic acids is 1. The zero-order chi connectivity index (χ0) is 26.9. The van der Waals surface area contributed by atoms with Crippen LogP contribution in [-0.4, -0.2) is 58.4 Å². The highest BCUT2D eigenvalue weighted by Gasteiger charge is 2.40. The minimum atomic E-state index is -1.43. The quantitative estimate of drug-likeness (QED) is 0.191. The summed E-state index contributed by atoms with van der Waals surface area (Å²) in [5, 5.41) is 24.4. The number of rotatable bonds is 12. The fraction of sp³-hybridized carbons (Fsp3) is 0.600. The molecule has 9 nitrogen and oxygen atoms in total. The van der Waals surface area contributed by atoms with Crippen molar-refractivity contribution in [3.8, 4) is 5.75 Å². The van der Waals surface area contributed by atoms with Crippen molar-refractivity contribution in [2.75, 3.05) is 12.8 Å². The molecular weight excluding hydrogens is 472 g/mol. The van der Waals surface area contributed by atoms with Gasteiger partial charge in [0, 0.05) is 17.7 Å². The lowest BCUT2D eigenvalue weighted by molar-refractivity contribution is -0.162. The van der Waals surface area contributed by atoms with Crippen LogP contribution in [0.3, 0.4) is 0 Å². The Balaban J connectivity index is 3.15. The molecule has 0 spiro atoms. The lowest BCUT2D eigenvalue weighted by atomic mass is 9.85. The highest BCUT2D eigenvalue weighted by atomic mass is 32.2. The van der Waals surface area contributed by atoms with Crippen molar-refractivity contribution >= 4 is 35.5 Å². The third-order valence-corrected chi connectivity index (χ3v) is 6.40. The normalized spacial score (nSPS) is 15.0. The molecule has 2 amide bonds. The molecule has 4 atom stereocenters. The van der Waals surface area contributed by atoms with Crippen LogP contribution in [0.15, 0.2) is 29.2 Å². The molecule has 10 heteroatoms. The number of nitrogens with one attached hydrogen (secondary N) is 2. The minimum absolute atomic E-state index is 0.116. The number of likely N-dealkylation sites (N-methyl/N-ethyl adjacent to an activating group) is 1. The van der Waals surface area contributed by atoms with Crippen molar-refractivity contribution in [3.63, 3.8) is 0 Å². The molecule has 4 N–H and O–H groups in total. The molecule has 1 aromatic rings. The fourth-order valence-corrected chi connectivity index (χ4v) is 4.59. The number of aromatic hydroxyl groups is 1. The first-order valence-electron chi connectivity index (χ1n) is 11.6. The molecule has 0 heterocycles. The van der Waals surface area contributed by atoms with Crippen LogP contribution in [0.2, 0.25) is 0 Å². The molecule has 0 aliphatic rings. The average molecular weight is 511 g/mol. The first-order chi connectivity index (χ1) is 16.2. The maximum atomic E-state index is 13.2. The van der Waals surface area contributed by atoms with E-state index in [4.69, 9.17) is 4.74 Å². The van der Waals surface area contributed by atoms with Gasteiger partial charge in [-0.25, -0.2) is 0 Å². The molecule has 0 saturated heterocycles. The van der Waals surface area contributed by atoms with Gasteiger partial charge in [0.25, 0.3) is 0 Å². The Bertz CT molecular complexity index is 881. The zero-order valence-electron chi connectivity index (χ0n) is 21.5. The monoisotopic (exact) mass is 510 g/mol. The van der Waals surface area contributed by atoms with E-state index in [1.54, 1.807) is 32.9 Å². The molecule has 0 bridgehead atoms. The van der Waals surface area contributed by atoms with Crippen LogP contribution < -0.4 is 10.6 Å². The molecule has 0 aliphatic carbocycles. The first-order valence-corrected chi connectivity index (χ1v) is 12.5. The SMILES string of the molecule is CNC(=O)[C@@H](NC(=O)[C@@H](C(=O)O)[C@H](CSc1ccc(O)cc1)CC(C)C)C(C)C(=O)OC(C)(C)C. The van der Waals surface area contributed by atoms with Gasteiger partial charge in [0.2, 0.25) is 11.8 Å². The molecule has 0 radical (unpaired) electrons. The number of phenols is 1. The van der Waals surface area contributed by atoms with Crippen LogP contribution in [0.5, 0.6) is 5.75 Å². The number of amides is 2. The number of carboxylic acids is 1. The number of hydrogen-bond donors (Lipinski definition) is 4. The predicted molar refractivity (Wildman–Crippen MR) is 134 cm³/mol. The molecule has 1 aromatic carbocycles. The summed E-state index contributed by atoms with van der Waals surface area (Å²) in [6.45, 7) is 10.4. The van der Waals surface area contributed by atoms with Gasteiger partial charge in [0.15, 0.2) is 0 Å². The van der Waals surface area contributed by atoms with Crippen molar-refractivity contribution < 1.29 is 34.1 Å². The Hall–Kier alpha value is -2.75. The number of thioether (sulfide) groups is 1. The molecular formula is C25H38N2O7S. The molecule has 1 rings (SSSR count). The predicted octanol–water partition coefficient (Wildman–Crippen LogP) is 3.06. The minimum Gasteiger partial charge on any atom is -0.508 e. The van der Waals surface area contributed by atoms with Gasteiger partial charge in [-0.05, 0) is 70.2 Å². The van der Waals surface area contributed by atoms with E-state index in [1.165, 1.54) is 37.9 Å². The van der Waals surface area contributed by atoms with Gasteiger partial charge in [-0.3, -0.25) is 19.2 Å². The zero-order valence-corrected chi connectivity index (χ0v) is 22.3. The number of carbonyl (C=O) groups excluding carboxylic acids is 3. The molecule has 35 heavy (non-hydrogen) atoms. The average Bonchev–Trinajstić information content (AvgIpc) is 2.74.